The second-order valence-electron chi connectivity index (χ2n) is 4.59. The molecule has 0 heterocycles. The van der Waals surface area contributed by atoms with Gasteiger partial charge in [0.25, 0.3) is 0 Å². The summed E-state index contributed by atoms with van der Waals surface area (Å²) in [6.07, 6.45) is 7.60. The van der Waals surface area contributed by atoms with E-state index in [1.54, 1.807) is 0 Å². The number of esters is 2. The zero-order valence-electron chi connectivity index (χ0n) is 11.9. The highest BCUT2D eigenvalue weighted by Gasteiger charge is 2.13. The molecule has 0 aliphatic rings. The molecule has 0 N–H and O–H groups in total. The molecular weight excluding hydrogens is 232 g/mol. The quantitative estimate of drug-likeness (QED) is 0.446. The summed E-state index contributed by atoms with van der Waals surface area (Å²) in [5, 5.41) is 0. The topological polar surface area (TPSA) is 52.6 Å². The van der Waals surface area contributed by atoms with Gasteiger partial charge in [0, 0.05) is 13.8 Å². The fraction of sp³-hybridized carbons (Fsp3) is 0.857. The van der Waals surface area contributed by atoms with Crippen molar-refractivity contribution >= 4 is 11.9 Å². The van der Waals surface area contributed by atoms with Crippen LogP contribution >= 0.6 is 0 Å². The molecule has 4 heteroatoms. The fourth-order valence-corrected chi connectivity index (χ4v) is 1.77. The van der Waals surface area contributed by atoms with Crippen molar-refractivity contribution in [2.45, 2.75) is 71.8 Å². The lowest BCUT2D eigenvalue weighted by atomic mass is 10.1. The minimum atomic E-state index is -0.338. The van der Waals surface area contributed by atoms with E-state index >= 15 is 0 Å². The summed E-state index contributed by atoms with van der Waals surface area (Å²) in [7, 11) is 0. The van der Waals surface area contributed by atoms with Crippen LogP contribution in [0.25, 0.3) is 0 Å². The molecule has 1 atom stereocenters. The van der Waals surface area contributed by atoms with E-state index in [4.69, 9.17) is 9.47 Å². The Balaban J connectivity index is 3.71. The van der Waals surface area contributed by atoms with Gasteiger partial charge in [-0.2, -0.15) is 0 Å². The minimum absolute atomic E-state index is 0.171. The van der Waals surface area contributed by atoms with Crippen molar-refractivity contribution in [3.8, 4) is 0 Å². The Morgan fingerprint density at radius 1 is 0.944 bits per heavy atom. The predicted molar refractivity (Wildman–Crippen MR) is 70.2 cm³/mol. The minimum Gasteiger partial charge on any atom is -0.462 e. The van der Waals surface area contributed by atoms with Gasteiger partial charge in [-0.1, -0.05) is 39.0 Å². The fourth-order valence-electron chi connectivity index (χ4n) is 1.77. The molecule has 1 unspecified atom stereocenters. The Morgan fingerprint density at radius 3 is 2.11 bits per heavy atom. The lowest BCUT2D eigenvalue weighted by Crippen LogP contribution is -2.23. The SMILES string of the molecule is CCCCCCCCC(COC(C)=O)OC(C)=O. The molecule has 0 spiro atoms. The van der Waals surface area contributed by atoms with Crippen LogP contribution in [0, 0.1) is 0 Å². The highest BCUT2D eigenvalue weighted by Crippen LogP contribution is 2.11. The summed E-state index contributed by atoms with van der Waals surface area (Å²) in [6.45, 7) is 5.09. The van der Waals surface area contributed by atoms with Gasteiger partial charge in [-0.15, -0.1) is 0 Å². The van der Waals surface area contributed by atoms with Gasteiger partial charge in [-0.25, -0.2) is 0 Å². The molecule has 18 heavy (non-hydrogen) atoms. The zero-order valence-corrected chi connectivity index (χ0v) is 11.9. The van der Waals surface area contributed by atoms with E-state index in [9.17, 15) is 9.59 Å². The molecule has 0 rings (SSSR count). The van der Waals surface area contributed by atoms with E-state index in [1.165, 1.54) is 39.5 Å². The van der Waals surface area contributed by atoms with Gasteiger partial charge < -0.3 is 9.47 Å². The van der Waals surface area contributed by atoms with Crippen LogP contribution in [0.1, 0.15) is 65.7 Å². The molecule has 0 saturated heterocycles. The second-order valence-corrected chi connectivity index (χ2v) is 4.59. The second kappa shape index (κ2) is 11.1. The van der Waals surface area contributed by atoms with Crippen molar-refractivity contribution in [2.75, 3.05) is 6.61 Å². The van der Waals surface area contributed by atoms with E-state index in [0.717, 1.165) is 19.3 Å². The molecule has 0 amide bonds. The van der Waals surface area contributed by atoms with Crippen molar-refractivity contribution in [3.63, 3.8) is 0 Å². The average molecular weight is 258 g/mol. The number of carbonyl (C=O) groups excluding carboxylic acids is 2. The zero-order chi connectivity index (χ0) is 13.8. The van der Waals surface area contributed by atoms with Gasteiger partial charge in [-0.3, -0.25) is 9.59 Å². The first kappa shape index (κ1) is 16.9. The van der Waals surface area contributed by atoms with Gasteiger partial charge >= 0.3 is 11.9 Å². The molecular formula is C14H26O4. The number of carbonyl (C=O) groups is 2. The van der Waals surface area contributed by atoms with Crippen molar-refractivity contribution in [1.29, 1.82) is 0 Å². The van der Waals surface area contributed by atoms with Crippen LogP contribution < -0.4 is 0 Å². The van der Waals surface area contributed by atoms with Gasteiger partial charge in [-0.05, 0) is 12.8 Å². The Labute approximate surface area is 110 Å². The van der Waals surface area contributed by atoms with E-state index < -0.39 is 0 Å². The highest BCUT2D eigenvalue weighted by molar-refractivity contribution is 5.67. The molecule has 0 aromatic rings. The molecule has 4 nitrogen and oxygen atoms in total. The summed E-state index contributed by atoms with van der Waals surface area (Å²) in [5.41, 5.74) is 0. The molecule has 0 aliphatic carbocycles. The molecule has 0 bridgehead atoms. The summed E-state index contributed by atoms with van der Waals surface area (Å²) in [5.74, 6) is -0.659. The van der Waals surface area contributed by atoms with Crippen LogP contribution in [-0.4, -0.2) is 24.6 Å². The predicted octanol–water partition coefficient (Wildman–Crippen LogP) is 3.23. The maximum Gasteiger partial charge on any atom is 0.303 e. The summed E-state index contributed by atoms with van der Waals surface area (Å²) in [6, 6.07) is 0. The average Bonchev–Trinajstić information content (AvgIpc) is 2.29. The third-order valence-electron chi connectivity index (χ3n) is 2.68. The first-order chi connectivity index (χ1) is 8.56. The van der Waals surface area contributed by atoms with Crippen LogP contribution in [0.3, 0.4) is 0 Å². The first-order valence-corrected chi connectivity index (χ1v) is 6.86. The lowest BCUT2D eigenvalue weighted by Gasteiger charge is -2.16. The molecule has 0 fully saturated rings. The first-order valence-electron chi connectivity index (χ1n) is 6.86. The lowest BCUT2D eigenvalue weighted by molar-refractivity contribution is -0.156. The van der Waals surface area contributed by atoms with Crippen molar-refractivity contribution < 1.29 is 19.1 Å². The van der Waals surface area contributed by atoms with Crippen LogP contribution in [0.4, 0.5) is 0 Å². The summed E-state index contributed by atoms with van der Waals surface area (Å²) < 4.78 is 10.00. The van der Waals surface area contributed by atoms with Crippen molar-refractivity contribution in [2.24, 2.45) is 0 Å². The van der Waals surface area contributed by atoms with Crippen LogP contribution in [0.2, 0.25) is 0 Å². The normalized spacial score (nSPS) is 11.9. The third-order valence-corrected chi connectivity index (χ3v) is 2.68. The Hall–Kier alpha value is -1.06. The molecule has 106 valence electrons. The maximum absolute atomic E-state index is 10.9. The molecule has 0 aromatic carbocycles. The highest BCUT2D eigenvalue weighted by atomic mass is 16.6. The summed E-state index contributed by atoms with van der Waals surface area (Å²) in [4.78, 5) is 21.6. The molecule has 0 aliphatic heterocycles. The van der Waals surface area contributed by atoms with E-state index in [-0.39, 0.29) is 24.6 Å². The van der Waals surface area contributed by atoms with Gasteiger partial charge in [0.15, 0.2) is 0 Å². The van der Waals surface area contributed by atoms with E-state index in [1.807, 2.05) is 0 Å². The Kier molecular flexibility index (Phi) is 10.4. The van der Waals surface area contributed by atoms with Crippen molar-refractivity contribution in [3.05, 3.63) is 0 Å². The van der Waals surface area contributed by atoms with Crippen LogP contribution in [-0.2, 0) is 19.1 Å². The number of hydrogen-bond acceptors (Lipinski definition) is 4. The smallest absolute Gasteiger partial charge is 0.303 e. The number of ether oxygens (including phenoxy) is 2. The largest absolute Gasteiger partial charge is 0.462 e. The monoisotopic (exact) mass is 258 g/mol. The molecule has 0 saturated carbocycles. The molecule has 0 aromatic heterocycles. The summed E-state index contributed by atoms with van der Waals surface area (Å²) >= 11 is 0. The van der Waals surface area contributed by atoms with E-state index in [2.05, 4.69) is 6.92 Å². The Morgan fingerprint density at radius 2 is 1.56 bits per heavy atom. The van der Waals surface area contributed by atoms with Crippen LogP contribution in [0.5, 0.6) is 0 Å². The van der Waals surface area contributed by atoms with E-state index in [0.29, 0.717) is 0 Å². The van der Waals surface area contributed by atoms with Gasteiger partial charge in [0.1, 0.15) is 12.7 Å². The number of hydrogen-bond donors (Lipinski definition) is 0. The van der Waals surface area contributed by atoms with Crippen LogP contribution in [0.15, 0.2) is 0 Å². The Bertz CT molecular complexity index is 238. The van der Waals surface area contributed by atoms with Gasteiger partial charge in [0.2, 0.25) is 0 Å². The number of unbranched alkanes of at least 4 members (excludes halogenated alkanes) is 5. The van der Waals surface area contributed by atoms with Gasteiger partial charge in [0.05, 0.1) is 0 Å². The maximum atomic E-state index is 10.9. The van der Waals surface area contributed by atoms with Crippen molar-refractivity contribution in [1.82, 2.24) is 0 Å². The number of rotatable bonds is 10. The third kappa shape index (κ3) is 11.4. The molecule has 0 radical (unpaired) electrons. The standard InChI is InChI=1S/C14H26O4/c1-4-5-6-7-8-9-10-14(18-13(3)16)11-17-12(2)15/h14H,4-11H2,1-3H3.